The van der Waals surface area contributed by atoms with Crippen LogP contribution in [-0.2, 0) is 9.47 Å². The van der Waals surface area contributed by atoms with Crippen LogP contribution in [0.1, 0.15) is 108 Å². The second kappa shape index (κ2) is 27.7. The van der Waals surface area contributed by atoms with E-state index in [4.69, 9.17) is 18.9 Å². The van der Waals surface area contributed by atoms with Crippen LogP contribution in [0.3, 0.4) is 0 Å². The molecule has 0 aliphatic heterocycles. The van der Waals surface area contributed by atoms with Crippen molar-refractivity contribution >= 4 is 0 Å². The topological polar surface area (TPSA) is 36.9 Å². The van der Waals surface area contributed by atoms with Gasteiger partial charge in [-0.25, -0.2) is 0 Å². The fourth-order valence-electron chi connectivity index (χ4n) is 9.12. The highest BCUT2D eigenvalue weighted by atomic mass is 35.5. The van der Waals surface area contributed by atoms with E-state index in [1.165, 1.54) is 36.8 Å². The van der Waals surface area contributed by atoms with Crippen molar-refractivity contribution in [2.24, 2.45) is 34.5 Å². The first-order chi connectivity index (χ1) is 28.2. The molecule has 352 valence electrons. The largest absolute Gasteiger partial charge is 1.00 e. The molecule has 0 amide bonds. The van der Waals surface area contributed by atoms with Gasteiger partial charge < -0.3 is 52.7 Å². The first-order valence-corrected chi connectivity index (χ1v) is 23.2. The minimum atomic E-state index is 0. The van der Waals surface area contributed by atoms with Crippen molar-refractivity contribution in [1.29, 1.82) is 0 Å². The van der Waals surface area contributed by atoms with Crippen LogP contribution in [0.5, 0.6) is 11.5 Å². The lowest BCUT2D eigenvalue weighted by molar-refractivity contribution is -0.940. The molecule has 0 fully saturated rings. The predicted octanol–water partition coefficient (Wildman–Crippen LogP) is 6.95. The summed E-state index contributed by atoms with van der Waals surface area (Å²) in [4.78, 5) is 0. The van der Waals surface area contributed by atoms with Crippen molar-refractivity contribution in [3.63, 3.8) is 0 Å². The molecule has 6 nitrogen and oxygen atoms in total. The average Bonchev–Trinajstić information content (AvgIpc) is 3.16. The predicted molar refractivity (Wildman–Crippen MR) is 255 cm³/mol. The van der Waals surface area contributed by atoms with Gasteiger partial charge in [-0.05, 0) is 86.5 Å². The molecule has 2 aliphatic rings. The van der Waals surface area contributed by atoms with Crippen LogP contribution in [0, 0.1) is 34.5 Å². The maximum absolute atomic E-state index is 6.20. The van der Waals surface area contributed by atoms with Crippen molar-refractivity contribution in [2.75, 3.05) is 67.7 Å². The quantitative estimate of drug-likeness (QED) is 0.0651. The number of nitrogens with zero attached hydrogens (tertiary/aromatic N) is 2. The number of para-hydroxylation sites is 2. The Morgan fingerprint density at radius 2 is 0.823 bits per heavy atom. The van der Waals surface area contributed by atoms with E-state index in [2.05, 4.69) is 134 Å². The number of ether oxygens (including phenoxy) is 4. The van der Waals surface area contributed by atoms with E-state index in [1.807, 2.05) is 60.7 Å². The normalized spacial score (nSPS) is 19.8. The van der Waals surface area contributed by atoms with E-state index in [1.54, 1.807) is 0 Å². The molecule has 0 aromatic heterocycles. The van der Waals surface area contributed by atoms with E-state index in [9.17, 15) is 0 Å². The van der Waals surface area contributed by atoms with Gasteiger partial charge in [0.15, 0.2) is 12.5 Å². The lowest BCUT2D eigenvalue weighted by Gasteiger charge is -2.44. The summed E-state index contributed by atoms with van der Waals surface area (Å²) in [5, 5.41) is 0. The monoisotopic (exact) mass is 899 g/mol. The zero-order valence-corrected chi connectivity index (χ0v) is 43.0. The molecule has 62 heavy (non-hydrogen) atoms. The third kappa shape index (κ3) is 20.9. The van der Waals surface area contributed by atoms with Crippen LogP contribution in [0.2, 0.25) is 0 Å². The van der Waals surface area contributed by atoms with Crippen molar-refractivity contribution in [2.45, 2.75) is 120 Å². The fourth-order valence-corrected chi connectivity index (χ4v) is 9.12. The van der Waals surface area contributed by atoms with Gasteiger partial charge in [-0.2, -0.15) is 0 Å². The standard InChI is InChI=1S/2C27H44NO2.2ClH/c2*1-22(2)19-25-13-15-27(16-14-25,20-23(3)4)21-28(6,7)24(5)29-17-18-30-26-11-9-8-10-12-26;;/h2*8-15,22-24H,16-21H2,1-7H3;2*1H/q2*+1;;/p-2. The minimum Gasteiger partial charge on any atom is -1.00 e. The van der Waals surface area contributed by atoms with E-state index in [0.29, 0.717) is 50.1 Å². The van der Waals surface area contributed by atoms with Crippen molar-refractivity contribution in [1.82, 2.24) is 0 Å². The Kier molecular flexibility index (Phi) is 25.6. The molecular weight excluding hydrogens is 812 g/mol. The molecule has 2 aromatic rings. The highest BCUT2D eigenvalue weighted by molar-refractivity contribution is 5.28. The highest BCUT2D eigenvalue weighted by Crippen LogP contribution is 2.41. The third-order valence-electron chi connectivity index (χ3n) is 12.1. The number of allylic oxidation sites excluding steroid dienone is 6. The second-order valence-electron chi connectivity index (χ2n) is 20.9. The average molecular weight is 900 g/mol. The van der Waals surface area contributed by atoms with Gasteiger partial charge in [0, 0.05) is 24.7 Å². The number of hydrogen-bond donors (Lipinski definition) is 0. The van der Waals surface area contributed by atoms with E-state index >= 15 is 0 Å². The molecule has 0 spiro atoms. The lowest BCUT2D eigenvalue weighted by atomic mass is 9.73. The van der Waals surface area contributed by atoms with E-state index < -0.39 is 0 Å². The molecule has 0 N–H and O–H groups in total. The van der Waals surface area contributed by atoms with E-state index in [0.717, 1.165) is 46.4 Å². The molecule has 4 unspecified atom stereocenters. The summed E-state index contributed by atoms with van der Waals surface area (Å²) >= 11 is 0. The van der Waals surface area contributed by atoms with Gasteiger partial charge in [0.2, 0.25) is 0 Å². The number of rotatable bonds is 24. The molecule has 2 aliphatic carbocycles. The Balaban J connectivity index is 0.000000601. The van der Waals surface area contributed by atoms with Crippen molar-refractivity contribution in [3.8, 4) is 11.5 Å². The molecule has 0 saturated carbocycles. The number of benzene rings is 2. The van der Waals surface area contributed by atoms with Gasteiger partial charge in [-0.3, -0.25) is 0 Å². The number of halogens is 2. The fraction of sp³-hybridized carbons (Fsp3) is 0.630. The van der Waals surface area contributed by atoms with Crippen LogP contribution in [-0.4, -0.2) is 89.1 Å². The van der Waals surface area contributed by atoms with Crippen LogP contribution in [0.4, 0.5) is 0 Å². The van der Waals surface area contributed by atoms with Crippen LogP contribution >= 0.6 is 0 Å². The SMILES string of the molecule is CC(C)CC1=CCC(CC(C)C)(C[N+](C)(C)C(C)OCCOc2ccccc2)C=C1.CC(C)CC1=CCC(CC(C)C)(C[N+](C)(C)C(C)OCCOc2ccccc2)C=C1.[Cl-].[Cl-]. The zero-order chi connectivity index (χ0) is 44.4. The van der Waals surface area contributed by atoms with Crippen molar-refractivity contribution < 1.29 is 52.7 Å². The highest BCUT2D eigenvalue weighted by Gasteiger charge is 2.40. The smallest absolute Gasteiger partial charge is 0.190 e. The van der Waals surface area contributed by atoms with Gasteiger partial charge in [0.25, 0.3) is 0 Å². The lowest BCUT2D eigenvalue weighted by Crippen LogP contribution is -3.00. The van der Waals surface area contributed by atoms with Gasteiger partial charge in [0.05, 0.1) is 54.5 Å². The number of quaternary nitrogens is 2. The summed E-state index contributed by atoms with van der Waals surface area (Å²) in [5.74, 6) is 4.55. The Morgan fingerprint density at radius 3 is 1.10 bits per heavy atom. The molecule has 8 heteroatoms. The van der Waals surface area contributed by atoms with Gasteiger partial charge in [-0.1, -0.05) is 139 Å². The van der Waals surface area contributed by atoms with Crippen LogP contribution in [0.15, 0.2) is 108 Å². The maximum atomic E-state index is 6.20. The molecule has 0 saturated heterocycles. The summed E-state index contributed by atoms with van der Waals surface area (Å²) in [7, 11) is 9.19. The summed E-state index contributed by atoms with van der Waals surface area (Å²) < 4.78 is 25.7. The summed E-state index contributed by atoms with van der Waals surface area (Å²) in [5.41, 5.74) is 3.40. The molecule has 0 heterocycles. The first kappa shape index (κ1) is 57.4. The molecule has 0 radical (unpaired) electrons. The summed E-state index contributed by atoms with van der Waals surface area (Å²) in [6.07, 6.45) is 22.0. The Morgan fingerprint density at radius 1 is 0.484 bits per heavy atom. The minimum absolute atomic E-state index is 0. The number of hydrogen-bond acceptors (Lipinski definition) is 4. The second-order valence-corrected chi connectivity index (χ2v) is 20.9. The Bertz CT molecular complexity index is 1510. The van der Waals surface area contributed by atoms with Crippen molar-refractivity contribution in [3.05, 3.63) is 108 Å². The first-order valence-electron chi connectivity index (χ1n) is 23.2. The molecule has 0 bridgehead atoms. The van der Waals surface area contributed by atoms with Gasteiger partial charge in [0.1, 0.15) is 24.7 Å². The van der Waals surface area contributed by atoms with Crippen LogP contribution < -0.4 is 34.3 Å². The molecule has 4 atom stereocenters. The molecule has 2 aromatic carbocycles. The van der Waals surface area contributed by atoms with Crippen LogP contribution in [0.25, 0.3) is 0 Å². The zero-order valence-electron chi connectivity index (χ0n) is 41.5. The molecular formula is C54H88Cl2N2O4. The third-order valence-corrected chi connectivity index (χ3v) is 12.1. The maximum Gasteiger partial charge on any atom is 0.190 e. The van der Waals surface area contributed by atoms with Gasteiger partial charge in [-0.15, -0.1) is 0 Å². The summed E-state index contributed by atoms with van der Waals surface area (Å²) in [6.45, 7) is 27.4. The molecule has 4 rings (SSSR count). The summed E-state index contributed by atoms with van der Waals surface area (Å²) in [6, 6.07) is 19.9. The van der Waals surface area contributed by atoms with Gasteiger partial charge >= 0.3 is 0 Å². The van der Waals surface area contributed by atoms with E-state index in [-0.39, 0.29) is 48.1 Å². The Labute approximate surface area is 393 Å². The Hall–Kier alpha value is -2.58.